The number of rotatable bonds is 0. The molecule has 0 saturated heterocycles. The summed E-state index contributed by atoms with van der Waals surface area (Å²) >= 11 is -7.38. The second kappa shape index (κ2) is 23.4. The molecule has 0 aliphatic carbocycles. The van der Waals surface area contributed by atoms with Gasteiger partial charge in [0, 0.05) is 22.4 Å². The minimum Gasteiger partial charge on any atom is 0 e. The maximum absolute atomic E-state index is 8.84. The van der Waals surface area contributed by atoms with Gasteiger partial charge < -0.3 is 0 Å². The van der Waals surface area contributed by atoms with E-state index in [1.54, 1.807) is 0 Å². The molecule has 0 bridgehead atoms. The van der Waals surface area contributed by atoms with E-state index in [2.05, 4.69) is 0 Å². The molecule has 6 nitrogen and oxygen atoms in total. The molecule has 11 heavy (non-hydrogen) atoms. The average Bonchev–Trinajstić information content (AvgIpc) is 1.25. The Hall–Kier alpha value is 3.62. The van der Waals surface area contributed by atoms with Crippen LogP contribution in [0.1, 0.15) is 0 Å². The summed E-state index contributed by atoms with van der Waals surface area (Å²) in [4.78, 5) is 0. The van der Waals surface area contributed by atoms with Gasteiger partial charge in [-0.15, -0.1) is 0 Å². The Morgan fingerprint density at radius 2 is 1.09 bits per heavy atom. The molecule has 0 aromatic rings. The van der Waals surface area contributed by atoms with E-state index in [1.165, 1.54) is 0 Å². The van der Waals surface area contributed by atoms with Gasteiger partial charge in [0.25, 0.3) is 0 Å². The zero-order chi connectivity index (χ0) is 7.15. The molecule has 0 aromatic carbocycles. The van der Waals surface area contributed by atoms with E-state index in [0.29, 0.717) is 0 Å². The van der Waals surface area contributed by atoms with Crippen LogP contribution in [0.2, 0.25) is 0 Å². The molecule has 0 spiro atoms. The third-order valence-corrected chi connectivity index (χ3v) is 0. The largest absolute Gasteiger partial charge is 0 e. The van der Waals surface area contributed by atoms with Crippen molar-refractivity contribution in [1.29, 1.82) is 0 Å². The van der Waals surface area contributed by atoms with Crippen LogP contribution in [0.4, 0.5) is 0 Å². The first-order valence-electron chi connectivity index (χ1n) is 1.30. The van der Waals surface area contributed by atoms with Gasteiger partial charge in [-0.05, 0) is 0 Å². The van der Waals surface area contributed by atoms with E-state index in [0.717, 1.165) is 0 Å². The van der Waals surface area contributed by atoms with E-state index in [-0.39, 0.29) is 77.0 Å². The van der Waals surface area contributed by atoms with Crippen molar-refractivity contribution in [3.05, 3.63) is 0 Å². The Balaban J connectivity index is -0.0000000171. The van der Waals surface area contributed by atoms with E-state index >= 15 is 0 Å². The summed E-state index contributed by atoms with van der Waals surface area (Å²) in [7, 11) is 0. The van der Waals surface area contributed by atoms with Crippen LogP contribution in [-0.4, -0.2) is 68.3 Å². The molecule has 0 saturated carbocycles. The fraction of sp³-hybridized carbons (Fsp3) is 0. The van der Waals surface area contributed by atoms with Crippen LogP contribution < -0.4 is 0 Å². The third-order valence-electron chi connectivity index (χ3n) is 0. The Morgan fingerprint density at radius 1 is 1.09 bits per heavy atom. The molecule has 0 atom stereocenters. The monoisotopic (exact) mass is 839 g/mol. The van der Waals surface area contributed by atoms with Crippen molar-refractivity contribution in [1.82, 2.24) is 0 Å². The first-order chi connectivity index (χ1) is 3.46. The molecule has 5 radical (unpaired) electrons. The van der Waals surface area contributed by atoms with E-state index in [4.69, 9.17) is 19.9 Å². The second-order valence-electron chi connectivity index (χ2n) is 0.565. The minimum atomic E-state index is -3.79. The third kappa shape index (κ3) is 140. The first kappa shape index (κ1) is 29.3. The van der Waals surface area contributed by atoms with Crippen molar-refractivity contribution in [2.45, 2.75) is 0 Å². The van der Waals surface area contributed by atoms with Crippen molar-refractivity contribution < 1.29 is 83.5 Å². The van der Waals surface area contributed by atoms with E-state index < -0.39 is 41.3 Å². The zero-order valence-electron chi connectivity index (χ0n) is 5.47. The van der Waals surface area contributed by atoms with Gasteiger partial charge >= 0.3 is 116 Å². The van der Waals surface area contributed by atoms with Gasteiger partial charge in [0.05, 0.1) is 0 Å². The summed E-state index contributed by atoms with van der Waals surface area (Å²) in [5.41, 5.74) is 0. The molecule has 11 heteroatoms. The van der Waals surface area contributed by atoms with Crippen molar-refractivity contribution in [2.24, 2.45) is 0 Å². The van der Waals surface area contributed by atoms with Crippen molar-refractivity contribution in [3.8, 4) is 0 Å². The number of hydrogen-bond donors (Lipinski definition) is 4. The SMILES string of the molecule is [O]=[Ti]([OH])[OH].[O]=[Zr]([OH])[OH].[PbH2].[PbH2].[Ta]. The quantitative estimate of drug-likeness (QED) is 0.184. The molecule has 0 aliphatic heterocycles. The van der Waals surface area contributed by atoms with Crippen LogP contribution in [0.15, 0.2) is 0 Å². The summed E-state index contributed by atoms with van der Waals surface area (Å²) in [5.74, 6) is 0. The Labute approximate surface area is 135 Å². The molecule has 65 valence electrons. The summed E-state index contributed by atoms with van der Waals surface area (Å²) in [6.07, 6.45) is 0. The fourth-order valence-electron chi connectivity index (χ4n) is 0. The molecule has 0 unspecified atom stereocenters. The fourth-order valence-corrected chi connectivity index (χ4v) is 0. The predicted octanol–water partition coefficient (Wildman–Crippen LogP) is -4.31. The van der Waals surface area contributed by atoms with Crippen LogP contribution in [0.3, 0.4) is 0 Å². The maximum Gasteiger partial charge on any atom is 0 e. The summed E-state index contributed by atoms with van der Waals surface area (Å²) in [6.45, 7) is 0. The standard InChI is InChI=1S/4H2O.2O.2Pb.Ta.Ti.Zr.4H/h4*1H2;;;;;;;;;;;/q;;;;;;;;;2*+2;;;;/p-4. The van der Waals surface area contributed by atoms with Gasteiger partial charge in [-0.1, -0.05) is 0 Å². The predicted molar refractivity (Wildman–Crippen MR) is 27.3 cm³/mol. The van der Waals surface area contributed by atoms with Crippen LogP contribution in [0.25, 0.3) is 0 Å². The Kier molecular flexibility index (Phi) is 62.4. The van der Waals surface area contributed by atoms with Crippen LogP contribution in [0, 0.1) is 0 Å². The minimum absolute atomic E-state index is 0. The molecule has 0 aromatic heterocycles. The Morgan fingerprint density at radius 3 is 1.09 bits per heavy atom. The van der Waals surface area contributed by atoms with Crippen LogP contribution in [-0.2, 0) is 69.8 Å². The molecule has 0 fully saturated rings. The van der Waals surface area contributed by atoms with Gasteiger partial charge in [0.15, 0.2) is 0 Å². The van der Waals surface area contributed by atoms with Gasteiger partial charge in [-0.25, -0.2) is 0 Å². The van der Waals surface area contributed by atoms with Crippen LogP contribution >= 0.6 is 0 Å². The van der Waals surface area contributed by atoms with Gasteiger partial charge in [-0.2, -0.15) is 0 Å². The topological polar surface area (TPSA) is 115 Å². The van der Waals surface area contributed by atoms with Crippen LogP contribution in [0.5, 0.6) is 0 Å². The molecule has 4 N–H and O–H groups in total. The molecule has 0 amide bonds. The normalized spacial score (nSPS) is 4.73. The molecular formula is H8O6Pb2TaTiZr. The summed E-state index contributed by atoms with van der Waals surface area (Å²) in [5, 5.41) is 0. The van der Waals surface area contributed by atoms with Crippen molar-refractivity contribution in [2.75, 3.05) is 0 Å². The Bertz CT molecular complexity index is 78.6. The molecule has 0 aliphatic rings. The smallest absolute Gasteiger partial charge is 0 e. The maximum atomic E-state index is 8.84. The number of hydrogen-bond acceptors (Lipinski definition) is 2. The van der Waals surface area contributed by atoms with Gasteiger partial charge in [0.2, 0.25) is 0 Å². The first-order valence-corrected chi connectivity index (χ1v) is 6.54. The van der Waals surface area contributed by atoms with Crippen molar-refractivity contribution in [3.63, 3.8) is 0 Å². The second-order valence-corrected chi connectivity index (χ2v) is 2.84. The molecule has 0 rings (SSSR count). The summed E-state index contributed by atoms with van der Waals surface area (Å²) < 4.78 is 46.6. The van der Waals surface area contributed by atoms with Gasteiger partial charge in [-0.3, -0.25) is 0 Å². The van der Waals surface area contributed by atoms with E-state index in [1.807, 2.05) is 0 Å². The summed E-state index contributed by atoms with van der Waals surface area (Å²) in [6, 6.07) is 0. The average molecular weight is 838 g/mol. The van der Waals surface area contributed by atoms with E-state index in [9.17, 15) is 0 Å². The molecule has 0 heterocycles. The van der Waals surface area contributed by atoms with Crippen molar-refractivity contribution >= 4 is 54.6 Å². The zero-order valence-corrected chi connectivity index (χ0v) is 23.7. The molecular weight excluding hydrogens is 830 g/mol. The van der Waals surface area contributed by atoms with Gasteiger partial charge in [0.1, 0.15) is 0 Å².